The van der Waals surface area contributed by atoms with Crippen LogP contribution in [0.4, 0.5) is 37.7 Å². The van der Waals surface area contributed by atoms with Gasteiger partial charge in [0, 0.05) is 18.7 Å². The first-order chi connectivity index (χ1) is 18.7. The minimum atomic E-state index is -4.80. The molecule has 3 aromatic carbocycles. The molecular formula is C26H22F6N2O5S. The van der Waals surface area contributed by atoms with Gasteiger partial charge in [0.15, 0.2) is 0 Å². The lowest BCUT2D eigenvalue weighted by Gasteiger charge is -2.33. The predicted octanol–water partition coefficient (Wildman–Crippen LogP) is 6.21. The van der Waals surface area contributed by atoms with Crippen LogP contribution in [0.3, 0.4) is 0 Å². The zero-order valence-electron chi connectivity index (χ0n) is 20.5. The number of halogens is 6. The van der Waals surface area contributed by atoms with E-state index < -0.39 is 56.7 Å². The topological polar surface area (TPSA) is 95.9 Å². The van der Waals surface area contributed by atoms with Crippen molar-refractivity contribution in [1.82, 2.24) is 0 Å². The standard InChI is InChI=1S/C26H22F6N2O5S/c27-18-5-7-23(39-25(28)29)20(14-18)16-4-6-22(34-10-8-15(9-11-34)24(35)36)21(12-16)33-40(37,38)19-3-1-2-17(13-19)26(30,31)32/h1-7,12-15,25,33H,8-11H2,(H,35,36). The zero-order valence-corrected chi connectivity index (χ0v) is 21.3. The Balaban J connectivity index is 1.79. The lowest BCUT2D eigenvalue weighted by Crippen LogP contribution is -2.36. The average molecular weight is 589 g/mol. The molecule has 1 fully saturated rings. The molecule has 1 aliphatic rings. The molecule has 214 valence electrons. The van der Waals surface area contributed by atoms with Gasteiger partial charge in [-0.15, -0.1) is 0 Å². The van der Waals surface area contributed by atoms with Crippen LogP contribution in [0.25, 0.3) is 11.1 Å². The Morgan fingerprint density at radius 2 is 1.73 bits per heavy atom. The molecule has 1 saturated heterocycles. The maximum absolute atomic E-state index is 14.1. The molecule has 0 radical (unpaired) electrons. The number of benzene rings is 3. The predicted molar refractivity (Wildman–Crippen MR) is 133 cm³/mol. The summed E-state index contributed by atoms with van der Waals surface area (Å²) in [6.07, 6.45) is -4.32. The third kappa shape index (κ3) is 6.61. The van der Waals surface area contributed by atoms with Crippen LogP contribution in [0.1, 0.15) is 18.4 Å². The monoisotopic (exact) mass is 588 g/mol. The van der Waals surface area contributed by atoms with Crippen molar-refractivity contribution < 1.29 is 49.4 Å². The molecule has 0 spiro atoms. The SMILES string of the molecule is O=C(O)C1CCN(c2ccc(-c3cc(F)ccc3OC(F)F)cc2NS(=O)(=O)c2cccc(C(F)(F)F)c2)CC1. The molecule has 1 heterocycles. The Morgan fingerprint density at radius 3 is 2.35 bits per heavy atom. The van der Waals surface area contributed by atoms with E-state index in [4.69, 9.17) is 0 Å². The van der Waals surface area contributed by atoms with Crippen LogP contribution in [0.2, 0.25) is 0 Å². The molecule has 40 heavy (non-hydrogen) atoms. The molecule has 2 N–H and O–H groups in total. The minimum absolute atomic E-state index is 0.0704. The highest BCUT2D eigenvalue weighted by Gasteiger charge is 2.32. The minimum Gasteiger partial charge on any atom is -0.481 e. The number of carboxylic acid groups (broad SMARTS) is 1. The van der Waals surface area contributed by atoms with Gasteiger partial charge in [0.25, 0.3) is 10.0 Å². The van der Waals surface area contributed by atoms with Gasteiger partial charge < -0.3 is 14.7 Å². The van der Waals surface area contributed by atoms with Gasteiger partial charge in [0.05, 0.1) is 27.8 Å². The van der Waals surface area contributed by atoms with Crippen LogP contribution >= 0.6 is 0 Å². The second kappa shape index (κ2) is 11.3. The lowest BCUT2D eigenvalue weighted by atomic mass is 9.96. The Morgan fingerprint density at radius 1 is 1.02 bits per heavy atom. The molecule has 0 aliphatic carbocycles. The van der Waals surface area contributed by atoms with Gasteiger partial charge in [-0.25, -0.2) is 12.8 Å². The Bertz CT molecular complexity index is 1510. The maximum atomic E-state index is 14.1. The molecule has 0 unspecified atom stereocenters. The van der Waals surface area contributed by atoms with E-state index in [9.17, 15) is 44.7 Å². The van der Waals surface area contributed by atoms with Gasteiger partial charge in [0.1, 0.15) is 11.6 Å². The Hall–Kier alpha value is -3.94. The summed E-state index contributed by atoms with van der Waals surface area (Å²) >= 11 is 0. The van der Waals surface area contributed by atoms with Crippen molar-refractivity contribution in [2.24, 2.45) is 5.92 Å². The number of piperidine rings is 1. The number of alkyl halides is 5. The summed E-state index contributed by atoms with van der Waals surface area (Å²) in [6, 6.07) is 9.94. The average Bonchev–Trinajstić information content (AvgIpc) is 2.89. The first-order valence-corrected chi connectivity index (χ1v) is 13.3. The van der Waals surface area contributed by atoms with E-state index in [1.165, 1.54) is 18.2 Å². The van der Waals surface area contributed by atoms with Crippen LogP contribution in [0.15, 0.2) is 65.6 Å². The van der Waals surface area contributed by atoms with E-state index in [2.05, 4.69) is 9.46 Å². The third-order valence-corrected chi connectivity index (χ3v) is 7.73. The molecule has 14 heteroatoms. The highest BCUT2D eigenvalue weighted by molar-refractivity contribution is 7.92. The summed E-state index contributed by atoms with van der Waals surface area (Å²) in [4.78, 5) is 12.4. The number of sulfonamides is 1. The number of carbonyl (C=O) groups is 1. The van der Waals surface area contributed by atoms with Crippen molar-refractivity contribution in [3.63, 3.8) is 0 Å². The van der Waals surface area contributed by atoms with Gasteiger partial charge in [-0.05, 0) is 66.9 Å². The Labute approximate surface area is 225 Å². The molecule has 7 nitrogen and oxygen atoms in total. The number of rotatable bonds is 8. The summed E-state index contributed by atoms with van der Waals surface area (Å²) < 4.78 is 113. The van der Waals surface area contributed by atoms with Crippen LogP contribution in [-0.2, 0) is 21.0 Å². The number of anilines is 2. The van der Waals surface area contributed by atoms with E-state index in [1.807, 2.05) is 0 Å². The molecule has 3 aromatic rings. The smallest absolute Gasteiger partial charge is 0.416 e. The van der Waals surface area contributed by atoms with Crippen molar-refractivity contribution in [2.45, 2.75) is 30.5 Å². The van der Waals surface area contributed by atoms with E-state index >= 15 is 0 Å². The number of hydrogen-bond donors (Lipinski definition) is 2. The number of carboxylic acids is 1. The summed E-state index contributed by atoms with van der Waals surface area (Å²) in [7, 11) is -4.61. The van der Waals surface area contributed by atoms with E-state index in [-0.39, 0.29) is 48.4 Å². The van der Waals surface area contributed by atoms with Crippen molar-refractivity contribution in [3.05, 3.63) is 72.0 Å². The highest BCUT2D eigenvalue weighted by Crippen LogP contribution is 2.39. The number of ether oxygens (including phenoxy) is 1. The molecule has 0 bridgehead atoms. The fourth-order valence-corrected chi connectivity index (χ4v) is 5.51. The van der Waals surface area contributed by atoms with Crippen LogP contribution in [0, 0.1) is 11.7 Å². The normalized spacial score (nSPS) is 14.8. The third-order valence-electron chi connectivity index (χ3n) is 6.37. The van der Waals surface area contributed by atoms with Gasteiger partial charge in [0.2, 0.25) is 0 Å². The summed E-state index contributed by atoms with van der Waals surface area (Å²) in [5.74, 6) is -2.76. The van der Waals surface area contributed by atoms with Gasteiger partial charge >= 0.3 is 18.8 Å². The summed E-state index contributed by atoms with van der Waals surface area (Å²) in [6.45, 7) is -2.80. The molecule has 0 aromatic heterocycles. The molecular weight excluding hydrogens is 566 g/mol. The van der Waals surface area contributed by atoms with E-state index in [0.29, 0.717) is 12.1 Å². The van der Waals surface area contributed by atoms with Gasteiger partial charge in [-0.2, -0.15) is 22.0 Å². The fourth-order valence-electron chi connectivity index (χ4n) is 4.40. The zero-order chi connectivity index (χ0) is 29.2. The summed E-state index contributed by atoms with van der Waals surface area (Å²) in [5.41, 5.74) is -1.13. The van der Waals surface area contributed by atoms with Crippen molar-refractivity contribution in [2.75, 3.05) is 22.7 Å². The second-order valence-corrected chi connectivity index (χ2v) is 10.7. The fraction of sp³-hybridized carbons (Fsp3) is 0.269. The highest BCUT2D eigenvalue weighted by atomic mass is 32.2. The van der Waals surface area contributed by atoms with E-state index in [0.717, 1.165) is 30.3 Å². The first-order valence-electron chi connectivity index (χ1n) is 11.8. The first kappa shape index (κ1) is 29.1. The second-order valence-electron chi connectivity index (χ2n) is 8.98. The number of nitrogens with zero attached hydrogens (tertiary/aromatic N) is 1. The molecule has 0 saturated carbocycles. The lowest BCUT2D eigenvalue weighted by molar-refractivity contribution is -0.142. The summed E-state index contributed by atoms with van der Waals surface area (Å²) in [5, 5.41) is 9.30. The Kier molecular flexibility index (Phi) is 8.19. The van der Waals surface area contributed by atoms with Crippen LogP contribution < -0.4 is 14.4 Å². The van der Waals surface area contributed by atoms with Gasteiger partial charge in [-0.1, -0.05) is 12.1 Å². The van der Waals surface area contributed by atoms with Crippen LogP contribution in [-0.4, -0.2) is 39.2 Å². The van der Waals surface area contributed by atoms with Crippen molar-refractivity contribution in [1.29, 1.82) is 0 Å². The van der Waals surface area contributed by atoms with Crippen molar-refractivity contribution >= 4 is 27.4 Å². The van der Waals surface area contributed by atoms with Gasteiger partial charge in [-0.3, -0.25) is 9.52 Å². The number of nitrogens with one attached hydrogen (secondary N) is 1. The molecule has 0 amide bonds. The largest absolute Gasteiger partial charge is 0.481 e. The van der Waals surface area contributed by atoms with E-state index in [1.54, 1.807) is 4.90 Å². The molecule has 4 rings (SSSR count). The number of hydrogen-bond acceptors (Lipinski definition) is 5. The quantitative estimate of drug-likeness (QED) is 0.304. The maximum Gasteiger partial charge on any atom is 0.416 e. The number of aliphatic carboxylic acids is 1. The van der Waals surface area contributed by atoms with Crippen molar-refractivity contribution in [3.8, 4) is 16.9 Å². The van der Waals surface area contributed by atoms with Crippen LogP contribution in [0.5, 0.6) is 5.75 Å². The molecule has 1 aliphatic heterocycles. The molecule has 0 atom stereocenters.